The molecular weight excluding hydrogens is 424 g/mol. The second kappa shape index (κ2) is 7.96. The fourth-order valence-electron chi connectivity index (χ4n) is 4.57. The summed E-state index contributed by atoms with van der Waals surface area (Å²) in [6, 6.07) is 14.9. The molecule has 1 aliphatic rings. The van der Waals surface area contributed by atoms with E-state index in [-0.39, 0.29) is 22.3 Å². The van der Waals surface area contributed by atoms with E-state index in [1.54, 1.807) is 31.4 Å². The second-order valence-electron chi connectivity index (χ2n) is 8.00. The van der Waals surface area contributed by atoms with Gasteiger partial charge in [-0.25, -0.2) is 0 Å². The first-order chi connectivity index (χ1) is 15.5. The lowest BCUT2D eigenvalue weighted by Crippen LogP contribution is -2.41. The number of aromatic amines is 2. The number of fused-ring (bicyclic) bond motifs is 3. The van der Waals surface area contributed by atoms with Crippen molar-refractivity contribution in [1.82, 2.24) is 19.9 Å². The normalized spacial score (nSPS) is 17.9. The van der Waals surface area contributed by atoms with Crippen molar-refractivity contribution >= 4 is 23.1 Å². The van der Waals surface area contributed by atoms with Gasteiger partial charge in [0, 0.05) is 22.6 Å². The van der Waals surface area contributed by atoms with Gasteiger partial charge in [-0.3, -0.25) is 14.3 Å². The van der Waals surface area contributed by atoms with E-state index in [4.69, 9.17) is 17.0 Å². The Hall–Kier alpha value is -3.36. The van der Waals surface area contributed by atoms with E-state index < -0.39 is 11.6 Å². The zero-order valence-electron chi connectivity index (χ0n) is 17.8. The monoisotopic (exact) mass is 448 g/mol. The zero-order chi connectivity index (χ0) is 22.4. The molecule has 2 aromatic carbocycles. The molecule has 7 nitrogen and oxygen atoms in total. The van der Waals surface area contributed by atoms with Gasteiger partial charge in [-0.2, -0.15) is 0 Å². The van der Waals surface area contributed by atoms with E-state index in [0.29, 0.717) is 11.4 Å². The standard InChI is InChI=1S/C24H24N4O3S/c1-3-13-12-17-16-6-4-5-7-18(16)26-20(17)21(25-13)19-22(29)27-24(32)28(23(19)30)14-8-10-15(31-2)11-9-14/h4-11,13,21,25-26,30H,3,12H2,1-2H3,(H,27,29,32)/t13-,21+/m0/s1. The van der Waals surface area contributed by atoms with Crippen LogP contribution in [0.1, 0.15) is 36.2 Å². The lowest BCUT2D eigenvalue weighted by Gasteiger charge is -2.31. The summed E-state index contributed by atoms with van der Waals surface area (Å²) < 4.78 is 6.83. The molecule has 1 aliphatic heterocycles. The third-order valence-corrected chi connectivity index (χ3v) is 6.51. The number of nitrogens with zero attached hydrogens (tertiary/aromatic N) is 1. The summed E-state index contributed by atoms with van der Waals surface area (Å²) in [5, 5.41) is 16.0. The summed E-state index contributed by atoms with van der Waals surface area (Å²) in [7, 11) is 1.59. The van der Waals surface area contributed by atoms with E-state index in [1.165, 1.54) is 10.1 Å². The SMILES string of the molecule is CC[C@H]1Cc2c([nH]c3ccccc23)[C@@H](c2c(O)n(-c3ccc(OC)cc3)c(=S)[nH]c2=O)N1. The predicted molar refractivity (Wildman–Crippen MR) is 127 cm³/mol. The van der Waals surface area contributed by atoms with Crippen LogP contribution in [0.25, 0.3) is 16.6 Å². The molecule has 4 aromatic rings. The van der Waals surface area contributed by atoms with Gasteiger partial charge >= 0.3 is 0 Å². The zero-order valence-corrected chi connectivity index (χ0v) is 18.6. The largest absolute Gasteiger partial charge is 0.497 e. The number of rotatable bonds is 4. The summed E-state index contributed by atoms with van der Waals surface area (Å²) in [6.45, 7) is 2.11. The predicted octanol–water partition coefficient (Wildman–Crippen LogP) is 4.10. The third-order valence-electron chi connectivity index (χ3n) is 6.22. The van der Waals surface area contributed by atoms with Gasteiger partial charge in [-0.05, 0) is 61.0 Å². The molecule has 5 rings (SSSR count). The van der Waals surface area contributed by atoms with Crippen LogP contribution in [-0.2, 0) is 6.42 Å². The van der Waals surface area contributed by atoms with Crippen molar-refractivity contribution in [1.29, 1.82) is 0 Å². The highest BCUT2D eigenvalue weighted by Crippen LogP contribution is 2.37. The Kier molecular flexibility index (Phi) is 5.11. The Morgan fingerprint density at radius 1 is 1.16 bits per heavy atom. The number of hydrogen-bond acceptors (Lipinski definition) is 5. The van der Waals surface area contributed by atoms with E-state index in [9.17, 15) is 9.90 Å². The molecule has 0 radical (unpaired) electrons. The van der Waals surface area contributed by atoms with Crippen molar-refractivity contribution in [3.05, 3.63) is 80.5 Å². The Balaban J connectivity index is 1.73. The number of aromatic hydroxyl groups is 1. The molecule has 3 heterocycles. The van der Waals surface area contributed by atoms with E-state index >= 15 is 0 Å². The number of H-pyrrole nitrogens is 2. The molecule has 0 amide bonds. The Bertz CT molecular complexity index is 1420. The van der Waals surface area contributed by atoms with Crippen LogP contribution in [0.2, 0.25) is 0 Å². The minimum atomic E-state index is -0.500. The fraction of sp³-hybridized carbons (Fsp3) is 0.250. The molecule has 2 atom stereocenters. The maximum absolute atomic E-state index is 13.1. The van der Waals surface area contributed by atoms with Crippen molar-refractivity contribution in [3.63, 3.8) is 0 Å². The summed E-state index contributed by atoms with van der Waals surface area (Å²) >= 11 is 5.40. The highest BCUT2D eigenvalue weighted by Gasteiger charge is 2.34. The maximum Gasteiger partial charge on any atom is 0.260 e. The highest BCUT2D eigenvalue weighted by atomic mass is 32.1. The molecule has 0 aliphatic carbocycles. The van der Waals surface area contributed by atoms with Crippen LogP contribution in [0.5, 0.6) is 11.6 Å². The van der Waals surface area contributed by atoms with E-state index in [0.717, 1.165) is 29.4 Å². The average Bonchev–Trinajstić information content (AvgIpc) is 3.18. The molecule has 4 N–H and O–H groups in total. The van der Waals surface area contributed by atoms with Gasteiger partial charge in [0.05, 0.1) is 18.8 Å². The Morgan fingerprint density at radius 3 is 2.62 bits per heavy atom. The van der Waals surface area contributed by atoms with Crippen molar-refractivity contribution in [3.8, 4) is 17.3 Å². The maximum atomic E-state index is 13.1. The summed E-state index contributed by atoms with van der Waals surface area (Å²) in [5.41, 5.74) is 3.55. The first kappa shape index (κ1) is 20.5. The Labute approximate surface area is 189 Å². The molecule has 2 aromatic heterocycles. The number of para-hydroxylation sites is 1. The lowest BCUT2D eigenvalue weighted by molar-refractivity contribution is 0.385. The number of aromatic nitrogens is 3. The minimum absolute atomic E-state index is 0.126. The van der Waals surface area contributed by atoms with Crippen LogP contribution in [0.4, 0.5) is 0 Å². The molecule has 0 bridgehead atoms. The fourth-order valence-corrected chi connectivity index (χ4v) is 4.86. The number of nitrogens with one attached hydrogen (secondary N) is 3. The molecule has 32 heavy (non-hydrogen) atoms. The minimum Gasteiger partial charge on any atom is -0.497 e. The number of benzene rings is 2. The summed E-state index contributed by atoms with van der Waals surface area (Å²) in [4.78, 5) is 19.3. The summed E-state index contributed by atoms with van der Waals surface area (Å²) in [5.74, 6) is 0.509. The topological polar surface area (TPSA) is 95.1 Å². The Morgan fingerprint density at radius 2 is 1.91 bits per heavy atom. The number of hydrogen-bond donors (Lipinski definition) is 4. The van der Waals surface area contributed by atoms with Crippen molar-refractivity contribution in [2.24, 2.45) is 0 Å². The van der Waals surface area contributed by atoms with Gasteiger partial charge in [0.2, 0.25) is 5.88 Å². The van der Waals surface area contributed by atoms with Crippen LogP contribution in [0.15, 0.2) is 53.3 Å². The molecule has 164 valence electrons. The van der Waals surface area contributed by atoms with Crippen molar-refractivity contribution in [2.75, 3.05) is 7.11 Å². The van der Waals surface area contributed by atoms with E-state index in [1.807, 2.05) is 18.2 Å². The van der Waals surface area contributed by atoms with Gasteiger partial charge in [0.15, 0.2) is 4.77 Å². The van der Waals surface area contributed by atoms with Crippen molar-refractivity contribution < 1.29 is 9.84 Å². The molecular formula is C24H24N4O3S. The van der Waals surface area contributed by atoms with Crippen LogP contribution in [0.3, 0.4) is 0 Å². The molecule has 0 fully saturated rings. The van der Waals surface area contributed by atoms with Crippen molar-refractivity contribution in [2.45, 2.75) is 31.8 Å². The van der Waals surface area contributed by atoms with Gasteiger partial charge < -0.3 is 20.1 Å². The number of methoxy groups -OCH3 is 1. The van der Waals surface area contributed by atoms with Gasteiger partial charge in [-0.15, -0.1) is 0 Å². The first-order valence-corrected chi connectivity index (χ1v) is 11.0. The number of ether oxygens (including phenoxy) is 1. The first-order valence-electron chi connectivity index (χ1n) is 10.6. The van der Waals surface area contributed by atoms with Gasteiger partial charge in [0.1, 0.15) is 11.3 Å². The van der Waals surface area contributed by atoms with Crippen LogP contribution in [0, 0.1) is 4.77 Å². The van der Waals surface area contributed by atoms with E-state index in [2.05, 4.69) is 28.3 Å². The molecule has 0 spiro atoms. The highest BCUT2D eigenvalue weighted by molar-refractivity contribution is 7.71. The van der Waals surface area contributed by atoms with Gasteiger partial charge in [0.25, 0.3) is 5.56 Å². The van der Waals surface area contributed by atoms with Gasteiger partial charge in [-0.1, -0.05) is 25.1 Å². The molecule has 8 heteroatoms. The quantitative estimate of drug-likeness (QED) is 0.353. The van der Waals surface area contributed by atoms with Crippen LogP contribution >= 0.6 is 12.2 Å². The van der Waals surface area contributed by atoms with Crippen LogP contribution in [-0.4, -0.2) is 32.8 Å². The molecule has 0 saturated heterocycles. The second-order valence-corrected chi connectivity index (χ2v) is 8.39. The molecule has 0 saturated carbocycles. The molecule has 0 unspecified atom stereocenters. The average molecular weight is 449 g/mol. The summed E-state index contributed by atoms with van der Waals surface area (Å²) in [6.07, 6.45) is 1.74. The lowest BCUT2D eigenvalue weighted by atomic mass is 9.90. The smallest absolute Gasteiger partial charge is 0.260 e. The third kappa shape index (κ3) is 3.23. The van der Waals surface area contributed by atoms with Crippen LogP contribution < -0.4 is 15.6 Å².